The van der Waals surface area contributed by atoms with E-state index in [1.54, 1.807) is 21.1 Å². The second kappa shape index (κ2) is 3.40. The third-order valence-corrected chi connectivity index (χ3v) is 7.68. The summed E-state index contributed by atoms with van der Waals surface area (Å²) in [5.74, 6) is -0.802. The van der Waals surface area contributed by atoms with Gasteiger partial charge in [0.2, 0.25) is 5.78 Å². The minimum Gasteiger partial charge on any atom is -0.743 e. The number of nitrogens with zero attached hydrogens (tertiary/aromatic N) is 1. The van der Waals surface area contributed by atoms with Crippen molar-refractivity contribution in [3.63, 3.8) is 0 Å². The van der Waals surface area contributed by atoms with Crippen LogP contribution in [0.4, 0.5) is 0 Å². The number of carbonyl (C=O) groups is 1. The fraction of sp³-hybridized carbons (Fsp3) is 0.923. The molecule has 2 rings (SSSR count). The van der Waals surface area contributed by atoms with Gasteiger partial charge in [0.25, 0.3) is 4.87 Å². The smallest absolute Gasteiger partial charge is 0.250 e. The van der Waals surface area contributed by atoms with Crippen LogP contribution >= 0.6 is 0 Å². The fourth-order valence-corrected chi connectivity index (χ4v) is 6.42. The van der Waals surface area contributed by atoms with Crippen LogP contribution in [-0.2, 0) is 14.9 Å². The van der Waals surface area contributed by atoms with E-state index in [-0.39, 0.29) is 10.3 Å². The van der Waals surface area contributed by atoms with Gasteiger partial charge in [-0.1, -0.05) is 20.8 Å². The van der Waals surface area contributed by atoms with Crippen LogP contribution in [0.2, 0.25) is 0 Å². The minimum absolute atomic E-state index is 0.151. The number of quaternary nitrogens is 1. The van der Waals surface area contributed by atoms with Gasteiger partial charge in [0.1, 0.15) is 0 Å². The molecule has 5 nitrogen and oxygen atoms in total. The van der Waals surface area contributed by atoms with Crippen LogP contribution < -0.4 is 0 Å². The highest BCUT2D eigenvalue weighted by molar-refractivity contribution is 7.87. The summed E-state index contributed by atoms with van der Waals surface area (Å²) in [6.07, 6.45) is 1.28. The largest absolute Gasteiger partial charge is 0.743 e. The van der Waals surface area contributed by atoms with Crippen molar-refractivity contribution < 1.29 is 22.2 Å². The Morgan fingerprint density at radius 2 is 1.68 bits per heavy atom. The maximum Gasteiger partial charge on any atom is 0.250 e. The van der Waals surface area contributed by atoms with Gasteiger partial charge in [0, 0.05) is 11.3 Å². The molecule has 0 aliphatic heterocycles. The second-order valence-electron chi connectivity index (χ2n) is 7.64. The molecular formula is C13H23NO4S. The summed E-state index contributed by atoms with van der Waals surface area (Å²) >= 11 is 0. The van der Waals surface area contributed by atoms with Gasteiger partial charge in [-0.05, 0) is 18.3 Å². The molecular weight excluding hydrogens is 266 g/mol. The highest BCUT2D eigenvalue weighted by Gasteiger charge is 2.80. The Labute approximate surface area is 115 Å². The van der Waals surface area contributed by atoms with Gasteiger partial charge in [-0.25, -0.2) is 8.42 Å². The molecule has 0 saturated heterocycles. The molecule has 0 amide bonds. The van der Waals surface area contributed by atoms with Crippen LogP contribution in [-0.4, -0.2) is 49.3 Å². The zero-order chi connectivity index (χ0) is 15.1. The molecule has 3 unspecified atom stereocenters. The van der Waals surface area contributed by atoms with Crippen LogP contribution in [0, 0.1) is 16.7 Å². The molecule has 2 aliphatic carbocycles. The number of rotatable bonds is 2. The van der Waals surface area contributed by atoms with Crippen LogP contribution in [0.5, 0.6) is 0 Å². The summed E-state index contributed by atoms with van der Waals surface area (Å²) in [6, 6.07) is 0. The van der Waals surface area contributed by atoms with Crippen molar-refractivity contribution >= 4 is 15.9 Å². The summed E-state index contributed by atoms with van der Waals surface area (Å²) < 4.78 is 36.0. The van der Waals surface area contributed by atoms with Gasteiger partial charge < -0.3 is 9.04 Å². The average Bonchev–Trinajstić information content (AvgIpc) is 2.45. The Bertz CT molecular complexity index is 545. The van der Waals surface area contributed by atoms with Crippen LogP contribution in [0.1, 0.15) is 33.6 Å². The molecule has 0 N–H and O–H groups in total. The molecule has 2 bridgehead atoms. The number of hydrogen-bond acceptors (Lipinski definition) is 4. The minimum atomic E-state index is -4.74. The Hall–Kier alpha value is -0.460. The van der Waals surface area contributed by atoms with Crippen molar-refractivity contribution in [1.82, 2.24) is 0 Å². The number of hydrogen-bond donors (Lipinski definition) is 0. The highest BCUT2D eigenvalue weighted by Crippen LogP contribution is 2.69. The number of ketones is 1. The van der Waals surface area contributed by atoms with Gasteiger partial charge >= 0.3 is 0 Å². The molecule has 0 aromatic heterocycles. The number of likely N-dealkylation sites (N-methyl/N-ethyl adjacent to an activating group) is 1. The third kappa shape index (κ3) is 1.33. The van der Waals surface area contributed by atoms with E-state index < -0.39 is 31.7 Å². The molecule has 2 aliphatic rings. The quantitative estimate of drug-likeness (QED) is 0.560. The summed E-state index contributed by atoms with van der Waals surface area (Å²) in [5.41, 5.74) is -1.19. The van der Waals surface area contributed by atoms with Gasteiger partial charge in [-0.2, -0.15) is 0 Å². The van der Waals surface area contributed by atoms with Gasteiger partial charge in [0.05, 0.1) is 21.1 Å². The Morgan fingerprint density at radius 1 is 1.21 bits per heavy atom. The van der Waals surface area contributed by atoms with E-state index >= 15 is 0 Å². The molecule has 0 aromatic rings. The zero-order valence-electron chi connectivity index (χ0n) is 12.5. The number of carbonyl (C=O) groups excluding carboxylic acids is 1. The first-order chi connectivity index (χ1) is 8.24. The average molecular weight is 289 g/mol. The monoisotopic (exact) mass is 289 g/mol. The third-order valence-electron chi connectivity index (χ3n) is 5.90. The van der Waals surface area contributed by atoms with E-state index in [2.05, 4.69) is 0 Å². The summed E-state index contributed by atoms with van der Waals surface area (Å²) in [7, 11) is 0.159. The van der Waals surface area contributed by atoms with Crippen LogP contribution in [0.15, 0.2) is 0 Å². The van der Waals surface area contributed by atoms with Gasteiger partial charge in [0.15, 0.2) is 10.1 Å². The molecule has 3 atom stereocenters. The SMILES string of the molecule is CC12CCC(C1(C)C)C([N+](C)(C)C)(S(=O)(=O)[O-])C2=O. The van der Waals surface area contributed by atoms with Gasteiger partial charge in [-0.15, -0.1) is 0 Å². The Kier molecular flexibility index (Phi) is 2.68. The van der Waals surface area contributed by atoms with Crippen LogP contribution in [0.3, 0.4) is 0 Å². The van der Waals surface area contributed by atoms with E-state index in [4.69, 9.17) is 0 Å². The molecule has 19 heavy (non-hydrogen) atoms. The predicted molar refractivity (Wildman–Crippen MR) is 70.1 cm³/mol. The van der Waals surface area contributed by atoms with E-state index in [1.165, 1.54) is 0 Å². The molecule has 0 spiro atoms. The van der Waals surface area contributed by atoms with E-state index in [9.17, 15) is 17.8 Å². The van der Waals surface area contributed by atoms with E-state index in [1.807, 2.05) is 20.8 Å². The lowest BCUT2D eigenvalue weighted by molar-refractivity contribution is -0.901. The Balaban J connectivity index is 2.85. The van der Waals surface area contributed by atoms with Crippen molar-refractivity contribution in [1.29, 1.82) is 0 Å². The lowest BCUT2D eigenvalue weighted by atomic mass is 9.70. The molecule has 110 valence electrons. The lowest BCUT2D eigenvalue weighted by Crippen LogP contribution is -2.69. The van der Waals surface area contributed by atoms with E-state index in [0.29, 0.717) is 12.8 Å². The van der Waals surface area contributed by atoms with Crippen molar-refractivity contribution in [2.75, 3.05) is 21.1 Å². The lowest BCUT2D eigenvalue weighted by Gasteiger charge is -2.49. The van der Waals surface area contributed by atoms with Crippen molar-refractivity contribution in [3.05, 3.63) is 0 Å². The molecule has 2 saturated carbocycles. The summed E-state index contributed by atoms with van der Waals surface area (Å²) in [5, 5.41) is 0. The van der Waals surface area contributed by atoms with Crippen LogP contribution in [0.25, 0.3) is 0 Å². The highest BCUT2D eigenvalue weighted by atomic mass is 32.2. The fourth-order valence-electron chi connectivity index (χ4n) is 4.54. The maximum atomic E-state index is 12.9. The van der Waals surface area contributed by atoms with Gasteiger partial charge in [-0.3, -0.25) is 4.79 Å². The summed E-state index contributed by atoms with van der Waals surface area (Å²) in [6.45, 7) is 5.66. The van der Waals surface area contributed by atoms with Crippen molar-refractivity contribution in [2.45, 2.75) is 38.5 Å². The first kappa shape index (κ1) is 14.9. The normalized spacial score (nSPS) is 41.8. The van der Waals surface area contributed by atoms with Crippen molar-refractivity contribution in [3.8, 4) is 0 Å². The first-order valence-electron chi connectivity index (χ1n) is 6.56. The number of fused-ring (bicyclic) bond motifs is 2. The zero-order valence-corrected chi connectivity index (χ0v) is 13.3. The molecule has 0 aromatic carbocycles. The Morgan fingerprint density at radius 3 is 1.89 bits per heavy atom. The molecule has 0 heterocycles. The predicted octanol–water partition coefficient (Wildman–Crippen LogP) is 0.959. The summed E-state index contributed by atoms with van der Waals surface area (Å²) in [4.78, 5) is 11.1. The molecule has 6 heteroatoms. The van der Waals surface area contributed by atoms with Crippen molar-refractivity contribution in [2.24, 2.45) is 16.7 Å². The number of Topliss-reactive ketones (excluding diaryl/α,β-unsaturated/α-hetero) is 1. The second-order valence-corrected chi connectivity index (χ2v) is 9.17. The molecule has 0 radical (unpaired) electrons. The first-order valence-corrected chi connectivity index (χ1v) is 7.97. The van der Waals surface area contributed by atoms with E-state index in [0.717, 1.165) is 0 Å². The maximum absolute atomic E-state index is 12.9. The topological polar surface area (TPSA) is 74.3 Å². The standard InChI is InChI=1S/C13H23NO4S/c1-11(2)9-7-8-12(11,3)10(15)13(9,14(4,5)6)19(16,17)18/h9H,7-8H2,1-6H3. The molecule has 2 fully saturated rings.